The number of hydrogen-bond acceptors (Lipinski definition) is 4. The van der Waals surface area contributed by atoms with E-state index in [0.29, 0.717) is 17.2 Å². The lowest BCUT2D eigenvalue weighted by Gasteiger charge is -2.14. The van der Waals surface area contributed by atoms with E-state index in [2.05, 4.69) is 0 Å². The Hall–Kier alpha value is -0.920. The summed E-state index contributed by atoms with van der Waals surface area (Å²) in [5, 5.41) is 8.89. The first kappa shape index (κ1) is 13.5. The molecule has 0 saturated carbocycles. The van der Waals surface area contributed by atoms with Gasteiger partial charge in [-0.2, -0.15) is 4.31 Å². The van der Waals surface area contributed by atoms with E-state index in [1.54, 1.807) is 6.07 Å². The van der Waals surface area contributed by atoms with Crippen LogP contribution in [0.25, 0.3) is 0 Å². The Kier molecular flexibility index (Phi) is 3.74. The van der Waals surface area contributed by atoms with Gasteiger partial charge >= 0.3 is 5.97 Å². The molecular weight excluding hydrogens is 274 g/mol. The third kappa shape index (κ3) is 2.43. The molecule has 1 saturated heterocycles. The molecule has 0 amide bonds. The average Bonchev–Trinajstić information content (AvgIpc) is 2.98. The summed E-state index contributed by atoms with van der Waals surface area (Å²) in [6, 6.07) is 3.41. The number of sulfonamides is 1. The topological polar surface area (TPSA) is 74.7 Å². The largest absolute Gasteiger partial charge is 0.481 e. The Bertz CT molecular complexity index is 549. The van der Waals surface area contributed by atoms with Crippen molar-refractivity contribution in [1.29, 1.82) is 0 Å². The third-order valence-corrected chi connectivity index (χ3v) is 6.64. The normalized spacial score (nSPS) is 21.3. The summed E-state index contributed by atoms with van der Waals surface area (Å²) in [4.78, 5) is 11.9. The van der Waals surface area contributed by atoms with E-state index in [4.69, 9.17) is 5.11 Å². The van der Waals surface area contributed by atoms with Gasteiger partial charge in [-0.15, -0.1) is 11.3 Å². The van der Waals surface area contributed by atoms with Crippen LogP contribution in [0.15, 0.2) is 16.3 Å². The molecule has 0 radical (unpaired) electrons. The van der Waals surface area contributed by atoms with Crippen molar-refractivity contribution in [2.24, 2.45) is 5.92 Å². The zero-order chi connectivity index (χ0) is 13.3. The first-order valence-electron chi connectivity index (χ1n) is 5.76. The van der Waals surface area contributed by atoms with E-state index >= 15 is 0 Å². The molecular formula is C11H15NO4S2. The van der Waals surface area contributed by atoms with Crippen molar-refractivity contribution in [3.05, 3.63) is 17.0 Å². The second kappa shape index (κ2) is 4.99. The van der Waals surface area contributed by atoms with Crippen molar-refractivity contribution in [1.82, 2.24) is 4.31 Å². The summed E-state index contributed by atoms with van der Waals surface area (Å²) < 4.78 is 26.1. The third-order valence-electron chi connectivity index (χ3n) is 3.08. The van der Waals surface area contributed by atoms with E-state index in [-0.39, 0.29) is 6.54 Å². The van der Waals surface area contributed by atoms with E-state index < -0.39 is 21.9 Å². The predicted molar refractivity (Wildman–Crippen MR) is 68.2 cm³/mol. The number of rotatable bonds is 4. The number of nitrogens with zero attached hydrogens (tertiary/aromatic N) is 1. The van der Waals surface area contributed by atoms with Crippen LogP contribution in [0.2, 0.25) is 0 Å². The molecule has 7 heteroatoms. The molecule has 0 bridgehead atoms. The second-order valence-electron chi connectivity index (χ2n) is 4.26. The number of carboxylic acid groups (broad SMARTS) is 1. The smallest absolute Gasteiger partial charge is 0.307 e. The second-order valence-corrected chi connectivity index (χ2v) is 7.59. The highest BCUT2D eigenvalue weighted by Crippen LogP contribution is 2.29. The van der Waals surface area contributed by atoms with Gasteiger partial charge in [0, 0.05) is 18.0 Å². The maximum absolute atomic E-state index is 12.3. The highest BCUT2D eigenvalue weighted by Gasteiger charge is 2.36. The molecule has 0 spiro atoms. The van der Waals surface area contributed by atoms with Crippen LogP contribution in [0.3, 0.4) is 0 Å². The van der Waals surface area contributed by atoms with Crippen molar-refractivity contribution < 1.29 is 18.3 Å². The predicted octanol–water partition coefficient (Wildman–Crippen LogP) is 1.41. The van der Waals surface area contributed by atoms with Crippen LogP contribution < -0.4 is 0 Å². The van der Waals surface area contributed by atoms with Gasteiger partial charge in [0.1, 0.15) is 4.21 Å². The van der Waals surface area contributed by atoms with Gasteiger partial charge in [0.05, 0.1) is 5.92 Å². The molecule has 1 aromatic heterocycles. The Morgan fingerprint density at radius 1 is 1.56 bits per heavy atom. The van der Waals surface area contributed by atoms with Gasteiger partial charge in [-0.05, 0) is 25.0 Å². The molecule has 1 N–H and O–H groups in total. The first-order chi connectivity index (χ1) is 8.45. The van der Waals surface area contributed by atoms with Crippen molar-refractivity contribution in [3.8, 4) is 0 Å². The molecule has 2 rings (SSSR count). The van der Waals surface area contributed by atoms with E-state index in [1.807, 2.05) is 13.0 Å². The van der Waals surface area contributed by atoms with Gasteiger partial charge in [-0.25, -0.2) is 8.42 Å². The van der Waals surface area contributed by atoms with Crippen LogP contribution in [0, 0.1) is 5.92 Å². The van der Waals surface area contributed by atoms with Gasteiger partial charge in [0.2, 0.25) is 0 Å². The van der Waals surface area contributed by atoms with Gasteiger partial charge in [-0.1, -0.05) is 6.92 Å². The Labute approximate surface area is 110 Å². The average molecular weight is 289 g/mol. The molecule has 0 aliphatic carbocycles. The lowest BCUT2D eigenvalue weighted by molar-refractivity contribution is -0.141. The minimum absolute atomic E-state index is 0.0804. The Balaban J connectivity index is 2.20. The van der Waals surface area contributed by atoms with Crippen LogP contribution >= 0.6 is 11.3 Å². The number of carbonyl (C=O) groups is 1. The summed E-state index contributed by atoms with van der Waals surface area (Å²) in [6.07, 6.45) is 1.19. The molecule has 1 unspecified atom stereocenters. The monoisotopic (exact) mass is 289 g/mol. The summed E-state index contributed by atoms with van der Waals surface area (Å²) in [5.41, 5.74) is 0. The van der Waals surface area contributed by atoms with E-state index in [1.165, 1.54) is 15.6 Å². The van der Waals surface area contributed by atoms with Crippen molar-refractivity contribution in [3.63, 3.8) is 0 Å². The fourth-order valence-corrected chi connectivity index (χ4v) is 4.91. The minimum Gasteiger partial charge on any atom is -0.481 e. The summed E-state index contributed by atoms with van der Waals surface area (Å²) in [5.74, 6) is -1.50. The van der Waals surface area contributed by atoms with Crippen LogP contribution in [0.5, 0.6) is 0 Å². The molecule has 1 aliphatic rings. The SMILES string of the molecule is CCc1ccc(S(=O)(=O)N2CCC(C(=O)O)C2)s1. The fraction of sp³-hybridized carbons (Fsp3) is 0.545. The van der Waals surface area contributed by atoms with Crippen LogP contribution in [-0.2, 0) is 21.2 Å². The van der Waals surface area contributed by atoms with Gasteiger partial charge in [0.15, 0.2) is 0 Å². The molecule has 0 aromatic carbocycles. The summed E-state index contributed by atoms with van der Waals surface area (Å²) in [7, 11) is -3.51. The summed E-state index contributed by atoms with van der Waals surface area (Å²) in [6.45, 7) is 2.34. The highest BCUT2D eigenvalue weighted by atomic mass is 32.2. The van der Waals surface area contributed by atoms with Crippen LogP contribution in [0.4, 0.5) is 0 Å². The van der Waals surface area contributed by atoms with Crippen molar-refractivity contribution in [2.75, 3.05) is 13.1 Å². The number of aliphatic carboxylic acids is 1. The highest BCUT2D eigenvalue weighted by molar-refractivity contribution is 7.91. The Morgan fingerprint density at radius 3 is 2.78 bits per heavy atom. The number of hydrogen-bond donors (Lipinski definition) is 1. The lowest BCUT2D eigenvalue weighted by atomic mass is 10.1. The van der Waals surface area contributed by atoms with Gasteiger partial charge < -0.3 is 5.11 Å². The van der Waals surface area contributed by atoms with Crippen LogP contribution in [0.1, 0.15) is 18.2 Å². The zero-order valence-corrected chi connectivity index (χ0v) is 11.6. The number of aryl methyl sites for hydroxylation is 1. The molecule has 100 valence electrons. The lowest BCUT2D eigenvalue weighted by Crippen LogP contribution is -2.29. The van der Waals surface area contributed by atoms with Gasteiger partial charge in [-0.3, -0.25) is 4.79 Å². The number of thiophene rings is 1. The van der Waals surface area contributed by atoms with E-state index in [9.17, 15) is 13.2 Å². The summed E-state index contributed by atoms with van der Waals surface area (Å²) >= 11 is 1.26. The van der Waals surface area contributed by atoms with Gasteiger partial charge in [0.25, 0.3) is 10.0 Å². The molecule has 1 fully saturated rings. The molecule has 1 aliphatic heterocycles. The molecule has 2 heterocycles. The molecule has 18 heavy (non-hydrogen) atoms. The van der Waals surface area contributed by atoms with Crippen molar-refractivity contribution >= 4 is 27.3 Å². The fourth-order valence-electron chi connectivity index (χ4n) is 1.96. The maximum atomic E-state index is 12.3. The zero-order valence-electron chi connectivity index (χ0n) is 10.00. The van der Waals surface area contributed by atoms with E-state index in [0.717, 1.165) is 11.3 Å². The minimum atomic E-state index is -3.51. The molecule has 1 aromatic rings. The Morgan fingerprint density at radius 2 is 2.28 bits per heavy atom. The molecule has 5 nitrogen and oxygen atoms in total. The first-order valence-corrected chi connectivity index (χ1v) is 8.02. The standard InChI is InChI=1S/C11H15NO4S2/c1-2-9-3-4-10(17-9)18(15,16)12-6-5-8(7-12)11(13)14/h3-4,8H,2,5-7H2,1H3,(H,13,14). The maximum Gasteiger partial charge on any atom is 0.307 e. The molecule has 1 atom stereocenters. The number of carboxylic acids is 1. The van der Waals surface area contributed by atoms with Crippen molar-refractivity contribution in [2.45, 2.75) is 24.0 Å². The quantitative estimate of drug-likeness (QED) is 0.909. The van der Waals surface area contributed by atoms with Crippen LogP contribution in [-0.4, -0.2) is 36.9 Å².